The van der Waals surface area contributed by atoms with Crippen molar-refractivity contribution in [3.63, 3.8) is 0 Å². The Balaban J connectivity index is 1.71. The number of carboxylic acid groups (broad SMARTS) is 1. The van der Waals surface area contributed by atoms with Crippen LogP contribution in [0.25, 0.3) is 11.0 Å². The first-order chi connectivity index (χ1) is 20.6. The molecule has 1 aliphatic heterocycles. The van der Waals surface area contributed by atoms with Crippen molar-refractivity contribution in [1.29, 1.82) is 5.26 Å². The van der Waals surface area contributed by atoms with Gasteiger partial charge in [0.05, 0.1) is 17.1 Å². The first-order valence-electron chi connectivity index (χ1n) is 15.0. The molecule has 1 aromatic heterocycles. The second-order valence-corrected chi connectivity index (χ2v) is 14.2. The van der Waals surface area contributed by atoms with Crippen LogP contribution < -0.4 is 5.32 Å². The highest BCUT2D eigenvalue weighted by Crippen LogP contribution is 2.31. The van der Waals surface area contributed by atoms with Gasteiger partial charge in [-0.3, -0.25) is 4.79 Å². The van der Waals surface area contributed by atoms with Gasteiger partial charge in [-0.2, -0.15) is 5.26 Å². The Morgan fingerprint density at radius 1 is 1.18 bits per heavy atom. The lowest BCUT2D eigenvalue weighted by atomic mass is 9.87. The molecule has 44 heavy (non-hydrogen) atoms. The van der Waals surface area contributed by atoms with Crippen molar-refractivity contribution in [2.24, 2.45) is 10.8 Å². The number of hydrogen-bond donors (Lipinski definition) is 2. The highest BCUT2D eigenvalue weighted by Gasteiger charge is 2.33. The first-order valence-corrected chi connectivity index (χ1v) is 15.4. The predicted molar refractivity (Wildman–Crippen MR) is 175 cm³/mol. The summed E-state index contributed by atoms with van der Waals surface area (Å²) in [5, 5.41) is 23.8. The summed E-state index contributed by atoms with van der Waals surface area (Å²) >= 11 is 6.12. The number of amides is 2. The van der Waals surface area contributed by atoms with Crippen LogP contribution in [0.4, 0.5) is 16.4 Å². The van der Waals surface area contributed by atoms with Crippen molar-refractivity contribution in [3.8, 4) is 6.07 Å². The molecule has 0 spiro atoms. The molecule has 4 rings (SSSR count). The van der Waals surface area contributed by atoms with Gasteiger partial charge in [0.2, 0.25) is 5.95 Å². The minimum absolute atomic E-state index is 0.128. The molecule has 0 bridgehead atoms. The third kappa shape index (κ3) is 7.72. The highest BCUT2D eigenvalue weighted by atomic mass is 35.5. The lowest BCUT2D eigenvalue weighted by Gasteiger charge is -2.36. The largest absolute Gasteiger partial charge is 0.465 e. The number of allylic oxidation sites excluding steroid dienone is 1. The molecule has 0 aliphatic carbocycles. The molecule has 10 heteroatoms. The smallest absolute Gasteiger partial charge is 0.407 e. The Bertz CT molecular complexity index is 1590. The standard InChI is InChI=1S/C34H43ClN6O3/c1-22(34(5,6)7)40(32(43)44)20-23-10-15-29-28(17-23)38-31(37-26-13-11-25(35)12-14-26)41(29)21-27-9-8-16-39(27)30(42)24(19-36)18-33(2,3)4/h10-15,17-18,22,27H,8-9,16,20-21H2,1-7H3,(H,37,38)(H,43,44)/t22-,27?/m0/s1. The van der Waals surface area contributed by atoms with Crippen molar-refractivity contribution >= 4 is 46.3 Å². The Hall–Kier alpha value is -4.03. The van der Waals surface area contributed by atoms with Crippen LogP contribution in [0.5, 0.6) is 0 Å². The average Bonchev–Trinajstić information content (AvgIpc) is 3.54. The fourth-order valence-electron chi connectivity index (χ4n) is 5.48. The van der Waals surface area contributed by atoms with E-state index in [2.05, 4.69) is 16.0 Å². The Morgan fingerprint density at radius 2 is 1.86 bits per heavy atom. The summed E-state index contributed by atoms with van der Waals surface area (Å²) in [5.41, 5.74) is 2.86. The van der Waals surface area contributed by atoms with Crippen molar-refractivity contribution in [1.82, 2.24) is 19.4 Å². The second kappa shape index (κ2) is 12.9. The van der Waals surface area contributed by atoms with Crippen LogP contribution in [0.15, 0.2) is 54.1 Å². The number of halogens is 1. The number of anilines is 2. The summed E-state index contributed by atoms with van der Waals surface area (Å²) in [5.74, 6) is 0.355. The van der Waals surface area contributed by atoms with Gasteiger partial charge in [-0.1, -0.05) is 65.3 Å². The monoisotopic (exact) mass is 618 g/mol. The number of nitrogens with zero attached hydrogens (tertiary/aromatic N) is 5. The van der Waals surface area contributed by atoms with Gasteiger partial charge in [-0.25, -0.2) is 9.78 Å². The van der Waals surface area contributed by atoms with E-state index in [4.69, 9.17) is 16.6 Å². The van der Waals surface area contributed by atoms with E-state index >= 15 is 0 Å². The predicted octanol–water partition coefficient (Wildman–Crippen LogP) is 7.83. The van der Waals surface area contributed by atoms with Gasteiger partial charge in [0.15, 0.2) is 0 Å². The van der Waals surface area contributed by atoms with Gasteiger partial charge in [0.1, 0.15) is 11.6 Å². The van der Waals surface area contributed by atoms with Crippen LogP contribution in [0.2, 0.25) is 5.02 Å². The summed E-state index contributed by atoms with van der Waals surface area (Å²) in [6.07, 6.45) is 2.42. The van der Waals surface area contributed by atoms with Gasteiger partial charge in [0.25, 0.3) is 5.91 Å². The van der Waals surface area contributed by atoms with E-state index in [-0.39, 0.29) is 40.9 Å². The molecule has 1 unspecified atom stereocenters. The number of nitriles is 1. The van der Waals surface area contributed by atoms with E-state index in [1.165, 1.54) is 4.90 Å². The van der Waals surface area contributed by atoms with Crippen LogP contribution in [0.3, 0.4) is 0 Å². The number of imidazole rings is 1. The molecule has 2 atom stereocenters. The van der Waals surface area contributed by atoms with Gasteiger partial charge < -0.3 is 24.8 Å². The zero-order chi connectivity index (χ0) is 32.4. The number of carbonyl (C=O) groups is 2. The normalized spacial score (nSPS) is 16.6. The number of likely N-dealkylation sites (tertiary alicyclic amines) is 1. The fourth-order valence-corrected chi connectivity index (χ4v) is 5.61. The van der Waals surface area contributed by atoms with Crippen LogP contribution in [-0.2, 0) is 17.9 Å². The quantitative estimate of drug-likeness (QED) is 0.196. The van der Waals surface area contributed by atoms with Crippen molar-refractivity contribution in [3.05, 3.63) is 64.7 Å². The Labute approximate surface area is 265 Å². The number of hydrogen-bond acceptors (Lipinski definition) is 5. The van der Waals surface area contributed by atoms with Gasteiger partial charge in [-0.05, 0) is 72.6 Å². The third-order valence-electron chi connectivity index (χ3n) is 8.19. The molecule has 1 saturated heterocycles. The van der Waals surface area contributed by atoms with E-state index in [1.54, 1.807) is 18.2 Å². The molecule has 2 aromatic carbocycles. The van der Waals surface area contributed by atoms with Gasteiger partial charge in [-0.15, -0.1) is 0 Å². The summed E-state index contributed by atoms with van der Waals surface area (Å²) in [4.78, 5) is 33.9. The molecule has 9 nitrogen and oxygen atoms in total. The van der Waals surface area contributed by atoms with Crippen molar-refractivity contribution in [2.75, 3.05) is 11.9 Å². The number of benzene rings is 2. The molecular weight excluding hydrogens is 576 g/mol. The fraction of sp³-hybridized carbons (Fsp3) is 0.471. The molecular formula is C34H43ClN6O3. The second-order valence-electron chi connectivity index (χ2n) is 13.8. The zero-order valence-corrected chi connectivity index (χ0v) is 27.4. The lowest BCUT2D eigenvalue weighted by Crippen LogP contribution is -2.44. The maximum Gasteiger partial charge on any atom is 0.407 e. The van der Waals surface area contributed by atoms with Gasteiger partial charge >= 0.3 is 6.09 Å². The molecule has 234 valence electrons. The number of carbonyl (C=O) groups excluding carboxylic acids is 1. The molecule has 2 amide bonds. The molecule has 0 saturated carbocycles. The summed E-state index contributed by atoms with van der Waals surface area (Å²) in [7, 11) is 0. The van der Waals surface area contributed by atoms with E-state index in [0.717, 1.165) is 29.6 Å². The molecule has 1 aliphatic rings. The molecule has 2 N–H and O–H groups in total. The van der Waals surface area contributed by atoms with Crippen LogP contribution >= 0.6 is 11.6 Å². The van der Waals surface area contributed by atoms with Crippen LogP contribution in [0.1, 0.15) is 66.9 Å². The number of nitrogens with one attached hydrogen (secondary N) is 1. The Kier molecular flexibility index (Phi) is 9.65. The summed E-state index contributed by atoms with van der Waals surface area (Å²) in [6.45, 7) is 15.2. The van der Waals surface area contributed by atoms with E-state index in [1.807, 2.05) is 83.7 Å². The first kappa shape index (κ1) is 32.9. The highest BCUT2D eigenvalue weighted by molar-refractivity contribution is 6.30. The maximum atomic E-state index is 13.5. The van der Waals surface area contributed by atoms with Gasteiger partial charge in [0, 0.05) is 36.4 Å². The zero-order valence-electron chi connectivity index (χ0n) is 26.7. The lowest BCUT2D eigenvalue weighted by molar-refractivity contribution is -0.127. The molecule has 0 radical (unpaired) electrons. The number of rotatable bonds is 8. The summed E-state index contributed by atoms with van der Waals surface area (Å²) in [6, 6.07) is 15.0. The molecule has 1 fully saturated rings. The summed E-state index contributed by atoms with van der Waals surface area (Å²) < 4.78 is 2.07. The molecule has 2 heterocycles. The van der Waals surface area contributed by atoms with E-state index in [0.29, 0.717) is 29.6 Å². The average molecular weight is 619 g/mol. The van der Waals surface area contributed by atoms with Crippen molar-refractivity contribution in [2.45, 2.75) is 86.5 Å². The SMILES string of the molecule is C[C@H](N(Cc1ccc2c(c1)nc(Nc1ccc(Cl)cc1)n2CC1CCCN1C(=O)C(C#N)=CC(C)(C)C)C(=O)O)C(C)(C)C. The van der Waals surface area contributed by atoms with E-state index in [9.17, 15) is 20.0 Å². The van der Waals surface area contributed by atoms with Crippen molar-refractivity contribution < 1.29 is 14.7 Å². The number of fused-ring (bicyclic) bond motifs is 1. The minimum Gasteiger partial charge on any atom is -0.465 e. The Morgan fingerprint density at radius 3 is 2.45 bits per heavy atom. The third-order valence-corrected chi connectivity index (χ3v) is 8.44. The maximum absolute atomic E-state index is 13.5. The number of aromatic nitrogens is 2. The topological polar surface area (TPSA) is 114 Å². The van der Waals surface area contributed by atoms with Crippen LogP contribution in [0, 0.1) is 22.2 Å². The van der Waals surface area contributed by atoms with Crippen LogP contribution in [-0.4, -0.2) is 55.1 Å². The molecule has 3 aromatic rings. The van der Waals surface area contributed by atoms with E-state index < -0.39 is 6.09 Å². The minimum atomic E-state index is -0.966.